The fraction of sp³-hybridized carbons (Fsp3) is 0.0769. The van der Waals surface area contributed by atoms with Gasteiger partial charge in [-0.25, -0.2) is 19.0 Å². The van der Waals surface area contributed by atoms with E-state index in [1.165, 1.54) is 10.6 Å². The topological polar surface area (TPSA) is 60.4 Å². The quantitative estimate of drug-likeness (QED) is 0.228. The molecule has 4 rings (SSSR count). The molecule has 0 aliphatic carbocycles. The molecular weight excluding hydrogens is 538 g/mol. The van der Waals surface area contributed by atoms with Crippen LogP contribution in [-0.2, 0) is 0 Å². The van der Waals surface area contributed by atoms with Crippen LogP contribution in [0, 0.1) is 0 Å². The molecule has 130 valence electrons. The van der Waals surface area contributed by atoms with Crippen LogP contribution in [0.4, 0.5) is 0 Å². The lowest BCUT2D eigenvalue weighted by molar-refractivity contribution is 0.844. The molecule has 0 aromatic carbocycles. The van der Waals surface area contributed by atoms with E-state index in [0.717, 1.165) is 19.6 Å². The van der Waals surface area contributed by atoms with Crippen molar-refractivity contribution in [1.82, 2.24) is 29.2 Å². The van der Waals surface area contributed by atoms with Crippen molar-refractivity contribution in [3.05, 3.63) is 48.9 Å². The average Bonchev–Trinajstić information content (AvgIpc) is 3.12. The van der Waals surface area contributed by atoms with E-state index in [0.29, 0.717) is 21.1 Å². The normalized spacial score (nSPS) is 11.0. The smallest absolute Gasteiger partial charge is 0.172 e. The average molecular weight is 545 g/mol. The molecule has 12 heteroatoms. The van der Waals surface area contributed by atoms with Crippen LogP contribution in [0.1, 0.15) is 0 Å². The van der Waals surface area contributed by atoms with E-state index in [1.807, 2.05) is 6.26 Å². The highest BCUT2D eigenvalue weighted by atomic mass is 79.9. The van der Waals surface area contributed by atoms with E-state index in [9.17, 15) is 0 Å². The summed E-state index contributed by atoms with van der Waals surface area (Å²) >= 11 is 25.6. The number of halogens is 5. The Hall–Kier alpha value is -0.580. The van der Waals surface area contributed by atoms with Gasteiger partial charge >= 0.3 is 0 Å². The Kier molecular flexibility index (Phi) is 6.12. The summed E-state index contributed by atoms with van der Waals surface area (Å²) in [7, 11) is 0. The first kappa shape index (κ1) is 19.2. The zero-order chi connectivity index (χ0) is 18.1. The number of rotatable bonds is 1. The summed E-state index contributed by atoms with van der Waals surface area (Å²) in [4.78, 5) is 8.18. The Morgan fingerprint density at radius 1 is 0.880 bits per heavy atom. The molecule has 4 aromatic rings. The third-order valence-corrected chi connectivity index (χ3v) is 5.41. The fourth-order valence-electron chi connectivity index (χ4n) is 1.90. The summed E-state index contributed by atoms with van der Waals surface area (Å²) in [5.41, 5.74) is 1.37. The molecule has 4 aromatic heterocycles. The Balaban J connectivity index is 0.000000146. The highest BCUT2D eigenvalue weighted by molar-refractivity contribution is 9.11. The predicted octanol–water partition coefficient (Wildman–Crippen LogP) is 5.67. The van der Waals surface area contributed by atoms with Crippen molar-refractivity contribution < 1.29 is 0 Å². The number of hydrogen-bond acceptors (Lipinski definition) is 5. The largest absolute Gasteiger partial charge is 0.216 e. The van der Waals surface area contributed by atoms with Crippen molar-refractivity contribution in [2.75, 3.05) is 6.26 Å². The van der Waals surface area contributed by atoms with Crippen LogP contribution >= 0.6 is 78.4 Å². The van der Waals surface area contributed by atoms with Gasteiger partial charge in [0.15, 0.2) is 11.3 Å². The van der Waals surface area contributed by atoms with Gasteiger partial charge in [-0.15, -0.1) is 11.8 Å². The molecule has 0 fully saturated rings. The minimum Gasteiger partial charge on any atom is -0.216 e. The summed E-state index contributed by atoms with van der Waals surface area (Å²) in [6, 6.07) is 3.33. The number of thioether (sulfide) groups is 1. The van der Waals surface area contributed by atoms with Crippen molar-refractivity contribution >= 4 is 89.7 Å². The van der Waals surface area contributed by atoms with Gasteiger partial charge < -0.3 is 0 Å². The van der Waals surface area contributed by atoms with Crippen LogP contribution < -0.4 is 0 Å². The summed E-state index contributed by atoms with van der Waals surface area (Å²) in [6.07, 6.45) is 5.30. The Morgan fingerprint density at radius 3 is 2.00 bits per heavy atom. The van der Waals surface area contributed by atoms with Crippen molar-refractivity contribution in [3.8, 4) is 0 Å². The summed E-state index contributed by atoms with van der Waals surface area (Å²) in [5.74, 6) is 0. The Bertz CT molecular complexity index is 1070. The highest BCUT2D eigenvalue weighted by Gasteiger charge is 2.08. The fourth-order valence-corrected chi connectivity index (χ4v) is 3.84. The lowest BCUT2D eigenvalue weighted by Crippen LogP contribution is -1.94. The molecule has 0 saturated heterocycles. The van der Waals surface area contributed by atoms with Gasteiger partial charge in [0, 0.05) is 12.1 Å². The zero-order valence-electron chi connectivity index (χ0n) is 12.3. The van der Waals surface area contributed by atoms with Gasteiger partial charge in [0.25, 0.3) is 0 Å². The first-order valence-electron chi connectivity index (χ1n) is 6.49. The van der Waals surface area contributed by atoms with Gasteiger partial charge in [-0.2, -0.15) is 10.2 Å². The number of fused-ring (bicyclic) bond motifs is 2. The molecule has 4 heterocycles. The van der Waals surface area contributed by atoms with E-state index in [2.05, 4.69) is 52.0 Å². The first-order chi connectivity index (χ1) is 11.9. The molecule has 0 bridgehead atoms. The van der Waals surface area contributed by atoms with E-state index < -0.39 is 0 Å². The predicted molar refractivity (Wildman–Crippen MR) is 108 cm³/mol. The number of nitrogens with zero attached hydrogens (tertiary/aromatic N) is 6. The van der Waals surface area contributed by atoms with Crippen molar-refractivity contribution in [3.63, 3.8) is 0 Å². The van der Waals surface area contributed by atoms with Gasteiger partial charge in [0.2, 0.25) is 0 Å². The maximum absolute atomic E-state index is 5.85. The van der Waals surface area contributed by atoms with Crippen LogP contribution in [0.5, 0.6) is 0 Å². The third-order valence-electron chi connectivity index (χ3n) is 2.93. The monoisotopic (exact) mass is 542 g/mol. The molecule has 0 aliphatic heterocycles. The minimum atomic E-state index is 0.355. The highest BCUT2D eigenvalue weighted by Crippen LogP contribution is 2.24. The van der Waals surface area contributed by atoms with Gasteiger partial charge in [0.1, 0.15) is 20.5 Å². The molecule has 6 nitrogen and oxygen atoms in total. The molecule has 0 saturated carbocycles. The molecule has 0 amide bonds. The van der Waals surface area contributed by atoms with Gasteiger partial charge in [-0.05, 0) is 38.1 Å². The summed E-state index contributed by atoms with van der Waals surface area (Å²) in [5, 5.41) is 10.4. The van der Waals surface area contributed by atoms with Crippen LogP contribution in [-0.4, -0.2) is 35.5 Å². The lowest BCUT2D eigenvalue weighted by Gasteiger charge is -2.00. The van der Waals surface area contributed by atoms with E-state index >= 15 is 0 Å². The second-order valence-corrected chi connectivity index (χ2v) is 8.18. The van der Waals surface area contributed by atoms with E-state index in [1.54, 1.807) is 34.7 Å². The van der Waals surface area contributed by atoms with E-state index in [4.69, 9.17) is 34.8 Å². The van der Waals surface area contributed by atoms with E-state index in [-0.39, 0.29) is 0 Å². The maximum atomic E-state index is 5.85. The molecule has 0 spiro atoms. The Labute approximate surface area is 178 Å². The van der Waals surface area contributed by atoms with Crippen LogP contribution in [0.2, 0.25) is 15.5 Å². The zero-order valence-corrected chi connectivity index (χ0v) is 18.5. The lowest BCUT2D eigenvalue weighted by atomic mass is 10.6. The number of aromatic nitrogens is 6. The number of hydrogen-bond donors (Lipinski definition) is 0. The van der Waals surface area contributed by atoms with Crippen LogP contribution in [0.15, 0.2) is 38.5 Å². The molecular formula is C13H7Br2Cl3N6S. The first-order valence-corrected chi connectivity index (χ1v) is 10.4. The maximum Gasteiger partial charge on any atom is 0.172 e. The molecule has 0 atom stereocenters. The molecule has 0 N–H and O–H groups in total. The standard InChI is InChI=1S/C7H5BrClN3S.C6H2BrCl2N3/c1-13-6-2-5(9)11-7-4(8)3-10-12(6)7;7-3-2-10-12-5(9)1-4(8)11-6(3)12/h2-3H,1H3;1-2H. The van der Waals surface area contributed by atoms with Gasteiger partial charge in [0.05, 0.1) is 21.3 Å². The van der Waals surface area contributed by atoms with Gasteiger partial charge in [-0.1, -0.05) is 34.8 Å². The molecule has 0 aliphatic rings. The molecule has 0 radical (unpaired) electrons. The van der Waals surface area contributed by atoms with Crippen LogP contribution in [0.3, 0.4) is 0 Å². The molecule has 0 unspecified atom stereocenters. The van der Waals surface area contributed by atoms with Crippen molar-refractivity contribution in [2.45, 2.75) is 5.03 Å². The summed E-state index contributed by atoms with van der Waals surface area (Å²) in [6.45, 7) is 0. The second-order valence-electron chi connectivity index (χ2n) is 4.48. The second kappa shape index (κ2) is 7.98. The summed E-state index contributed by atoms with van der Waals surface area (Å²) < 4.78 is 4.87. The third kappa shape index (κ3) is 4.06. The van der Waals surface area contributed by atoms with Crippen LogP contribution in [0.25, 0.3) is 11.3 Å². The Morgan fingerprint density at radius 2 is 1.40 bits per heavy atom. The molecule has 25 heavy (non-hydrogen) atoms. The van der Waals surface area contributed by atoms with Crippen molar-refractivity contribution in [1.29, 1.82) is 0 Å². The van der Waals surface area contributed by atoms with Crippen molar-refractivity contribution in [2.24, 2.45) is 0 Å². The van der Waals surface area contributed by atoms with Gasteiger partial charge in [-0.3, -0.25) is 0 Å². The SMILES string of the molecule is CSc1cc(Cl)nc2c(Br)cnn12.Clc1cc(Cl)n2ncc(Br)c2n1. The minimum absolute atomic E-state index is 0.355.